The number of carbonyl (C=O) groups is 2. The third kappa shape index (κ3) is 69.4. The molecular weight excluding hydrogens is 1030 g/mol. The van der Waals surface area contributed by atoms with E-state index in [2.05, 4.69) is 43.5 Å². The molecule has 0 radical (unpaired) electrons. The van der Waals surface area contributed by atoms with Crippen LogP contribution in [0.1, 0.15) is 438 Å². The van der Waals surface area contributed by atoms with Crippen molar-refractivity contribution in [2.45, 2.75) is 450 Å². The van der Waals surface area contributed by atoms with Crippen molar-refractivity contribution < 1.29 is 24.5 Å². The van der Waals surface area contributed by atoms with Crippen LogP contribution in [0.5, 0.6) is 0 Å². The Morgan fingerprint density at radius 3 is 0.929 bits per heavy atom. The normalized spacial score (nSPS) is 12.6. The van der Waals surface area contributed by atoms with E-state index in [1.807, 2.05) is 0 Å². The highest BCUT2D eigenvalue weighted by Crippen LogP contribution is 2.20. The molecule has 3 N–H and O–H groups in total. The van der Waals surface area contributed by atoms with Crippen LogP contribution in [-0.4, -0.2) is 47.4 Å². The zero-order chi connectivity index (χ0) is 60.6. The quantitative estimate of drug-likeness (QED) is 0.0320. The molecular formula is C78H151NO5. The molecule has 0 heterocycles. The first-order chi connectivity index (χ1) is 41.5. The van der Waals surface area contributed by atoms with E-state index in [1.54, 1.807) is 0 Å². The minimum atomic E-state index is -0.663. The van der Waals surface area contributed by atoms with Gasteiger partial charge in [0.15, 0.2) is 0 Å². The highest BCUT2D eigenvalue weighted by Gasteiger charge is 2.20. The zero-order valence-electron chi connectivity index (χ0n) is 57.2. The molecule has 0 aliphatic heterocycles. The van der Waals surface area contributed by atoms with Crippen LogP contribution >= 0.6 is 0 Å². The van der Waals surface area contributed by atoms with Gasteiger partial charge in [0.1, 0.15) is 0 Å². The van der Waals surface area contributed by atoms with Crippen molar-refractivity contribution in [2.75, 3.05) is 13.2 Å². The molecule has 0 rings (SSSR count). The topological polar surface area (TPSA) is 95.9 Å². The van der Waals surface area contributed by atoms with E-state index in [4.69, 9.17) is 4.74 Å². The number of nitrogens with one attached hydrogen (secondary N) is 1. The average Bonchev–Trinajstić information content (AvgIpc) is 3.51. The summed E-state index contributed by atoms with van der Waals surface area (Å²) < 4.78 is 5.49. The van der Waals surface area contributed by atoms with E-state index in [1.165, 1.54) is 353 Å². The maximum Gasteiger partial charge on any atom is 0.305 e. The molecule has 6 nitrogen and oxygen atoms in total. The van der Waals surface area contributed by atoms with Gasteiger partial charge in [-0.3, -0.25) is 9.59 Å². The van der Waals surface area contributed by atoms with Crippen LogP contribution in [0.15, 0.2) is 24.3 Å². The van der Waals surface area contributed by atoms with Crippen molar-refractivity contribution in [3.8, 4) is 0 Å². The molecule has 1 amide bonds. The number of hydrogen-bond donors (Lipinski definition) is 3. The monoisotopic (exact) mass is 1180 g/mol. The van der Waals surface area contributed by atoms with Gasteiger partial charge in [-0.2, -0.15) is 0 Å². The number of esters is 1. The number of aliphatic hydroxyl groups is 2. The van der Waals surface area contributed by atoms with E-state index >= 15 is 0 Å². The molecule has 2 unspecified atom stereocenters. The van der Waals surface area contributed by atoms with Gasteiger partial charge in [0, 0.05) is 12.8 Å². The van der Waals surface area contributed by atoms with Gasteiger partial charge in [-0.25, -0.2) is 0 Å². The number of ether oxygens (including phenoxy) is 1. The third-order valence-electron chi connectivity index (χ3n) is 18.3. The van der Waals surface area contributed by atoms with Gasteiger partial charge in [0.2, 0.25) is 5.91 Å². The molecule has 0 aliphatic carbocycles. The summed E-state index contributed by atoms with van der Waals surface area (Å²) in [5, 5.41) is 23.5. The Hall–Kier alpha value is -1.66. The Morgan fingerprint density at radius 2 is 0.595 bits per heavy atom. The van der Waals surface area contributed by atoms with Crippen LogP contribution in [0.2, 0.25) is 0 Å². The summed E-state index contributed by atoms with van der Waals surface area (Å²) in [5.41, 5.74) is 0. The van der Waals surface area contributed by atoms with E-state index in [-0.39, 0.29) is 18.5 Å². The van der Waals surface area contributed by atoms with Crippen molar-refractivity contribution in [2.24, 2.45) is 0 Å². The molecule has 0 bridgehead atoms. The van der Waals surface area contributed by atoms with Gasteiger partial charge in [0.05, 0.1) is 25.4 Å². The number of carbonyl (C=O) groups excluding carboxylic acids is 2. The summed E-state index contributed by atoms with van der Waals surface area (Å²) in [6.45, 7) is 4.97. The van der Waals surface area contributed by atoms with Gasteiger partial charge < -0.3 is 20.3 Å². The van der Waals surface area contributed by atoms with E-state index < -0.39 is 12.1 Å². The molecule has 0 saturated carbocycles. The molecule has 0 aromatic heterocycles. The second-order valence-electron chi connectivity index (χ2n) is 26.7. The Kier molecular flexibility index (Phi) is 72.3. The second kappa shape index (κ2) is 73.8. The molecule has 0 aliphatic rings. The molecule has 0 aromatic rings. The number of unbranched alkanes of at least 4 members (excludes halogenated alkanes) is 58. The summed E-state index contributed by atoms with van der Waals surface area (Å²) in [4.78, 5) is 24.6. The third-order valence-corrected chi connectivity index (χ3v) is 18.3. The van der Waals surface area contributed by atoms with Crippen molar-refractivity contribution in [3.63, 3.8) is 0 Å². The lowest BCUT2D eigenvalue weighted by Gasteiger charge is -2.22. The number of allylic oxidation sites excluding steroid dienone is 4. The molecule has 84 heavy (non-hydrogen) atoms. The van der Waals surface area contributed by atoms with Gasteiger partial charge >= 0.3 is 5.97 Å². The van der Waals surface area contributed by atoms with Crippen LogP contribution in [-0.2, 0) is 14.3 Å². The smallest absolute Gasteiger partial charge is 0.305 e. The Labute approximate surface area is 526 Å². The van der Waals surface area contributed by atoms with Crippen molar-refractivity contribution in [3.05, 3.63) is 24.3 Å². The summed E-state index contributed by atoms with van der Waals surface area (Å²) in [6, 6.07) is -0.540. The lowest BCUT2D eigenvalue weighted by molar-refractivity contribution is -0.143. The molecule has 0 saturated heterocycles. The first-order valence-corrected chi connectivity index (χ1v) is 38.6. The first kappa shape index (κ1) is 82.3. The fourth-order valence-electron chi connectivity index (χ4n) is 12.4. The van der Waals surface area contributed by atoms with Crippen molar-refractivity contribution in [1.29, 1.82) is 0 Å². The van der Waals surface area contributed by atoms with E-state index in [0.717, 1.165) is 51.4 Å². The standard InChI is InChI=1S/C78H151NO5/c1-3-5-7-9-11-13-15-17-19-20-21-22-30-33-36-39-43-46-50-54-58-62-66-70-76(81)75(74-80)79-77(82)71-67-63-59-55-51-47-44-40-37-34-31-28-26-24-23-25-27-29-32-35-38-41-45-49-53-57-61-65-69-73-84-78(83)72-68-64-60-56-52-48-42-18-16-14-12-10-8-6-4-2/h12,14,18,42,75-76,80-81H,3-11,13,15-17,19-41,43-74H2,1-2H3,(H,79,82)/b14-12-,42-18-. The molecule has 0 aromatic carbocycles. The van der Waals surface area contributed by atoms with Crippen LogP contribution in [0.4, 0.5) is 0 Å². The summed E-state index contributed by atoms with van der Waals surface area (Å²) in [6.07, 6.45) is 94.0. The van der Waals surface area contributed by atoms with Gasteiger partial charge in [0.25, 0.3) is 0 Å². The predicted octanol–water partition coefficient (Wildman–Crippen LogP) is 25.3. The SMILES string of the molecule is CCCCC/C=C\C/C=C\CCCCCCCC(=O)OCCCCCCCCCCCCCCCCCCCCCCCCCCCCCCCC(=O)NC(CO)C(O)CCCCCCCCCCCCCCCCCCCCCCCCC. The zero-order valence-corrected chi connectivity index (χ0v) is 57.2. The van der Waals surface area contributed by atoms with Crippen molar-refractivity contribution in [1.82, 2.24) is 5.32 Å². The molecule has 0 spiro atoms. The maximum absolute atomic E-state index is 12.6. The minimum absolute atomic E-state index is 0.00642. The van der Waals surface area contributed by atoms with Crippen molar-refractivity contribution >= 4 is 11.9 Å². The average molecular weight is 1180 g/mol. The molecule has 0 fully saturated rings. The second-order valence-corrected chi connectivity index (χ2v) is 26.7. The van der Waals surface area contributed by atoms with Crippen LogP contribution in [0, 0.1) is 0 Å². The lowest BCUT2D eigenvalue weighted by Crippen LogP contribution is -2.45. The first-order valence-electron chi connectivity index (χ1n) is 38.6. The molecule has 6 heteroatoms. The highest BCUT2D eigenvalue weighted by molar-refractivity contribution is 5.76. The Balaban J connectivity index is 3.34. The lowest BCUT2D eigenvalue weighted by atomic mass is 10.0. The van der Waals surface area contributed by atoms with Crippen LogP contribution in [0.3, 0.4) is 0 Å². The van der Waals surface area contributed by atoms with E-state index in [0.29, 0.717) is 25.9 Å². The van der Waals surface area contributed by atoms with Gasteiger partial charge in [-0.15, -0.1) is 0 Å². The van der Waals surface area contributed by atoms with Crippen LogP contribution < -0.4 is 5.32 Å². The molecule has 498 valence electrons. The number of hydrogen-bond acceptors (Lipinski definition) is 5. The van der Waals surface area contributed by atoms with Crippen LogP contribution in [0.25, 0.3) is 0 Å². The fourth-order valence-corrected chi connectivity index (χ4v) is 12.4. The Morgan fingerprint density at radius 1 is 0.333 bits per heavy atom. The number of rotatable bonds is 73. The summed E-state index contributed by atoms with van der Waals surface area (Å²) in [7, 11) is 0. The molecule has 2 atom stereocenters. The fraction of sp³-hybridized carbons (Fsp3) is 0.923. The number of aliphatic hydroxyl groups excluding tert-OH is 2. The predicted molar refractivity (Wildman–Crippen MR) is 370 cm³/mol. The van der Waals surface area contributed by atoms with E-state index in [9.17, 15) is 19.8 Å². The summed E-state index contributed by atoms with van der Waals surface area (Å²) in [5.74, 6) is -0.0196. The maximum atomic E-state index is 12.6. The number of amides is 1. The Bertz CT molecular complexity index is 1320. The summed E-state index contributed by atoms with van der Waals surface area (Å²) >= 11 is 0. The highest BCUT2D eigenvalue weighted by atomic mass is 16.5. The minimum Gasteiger partial charge on any atom is -0.466 e. The van der Waals surface area contributed by atoms with Gasteiger partial charge in [-0.1, -0.05) is 391 Å². The largest absolute Gasteiger partial charge is 0.466 e. The van der Waals surface area contributed by atoms with Gasteiger partial charge in [-0.05, 0) is 57.8 Å².